The van der Waals surface area contributed by atoms with Gasteiger partial charge in [0.2, 0.25) is 5.16 Å². The number of benzene rings is 3. The third-order valence-corrected chi connectivity index (χ3v) is 7.08. The van der Waals surface area contributed by atoms with Crippen molar-refractivity contribution in [2.24, 2.45) is 0 Å². The highest BCUT2D eigenvalue weighted by molar-refractivity contribution is 8.04. The number of methoxy groups -OCH3 is 3. The molecule has 208 valence electrons. The third-order valence-electron chi connectivity index (χ3n) is 6.20. The number of aromatic nitrogens is 3. The van der Waals surface area contributed by atoms with Gasteiger partial charge in [-0.2, -0.15) is 0 Å². The average molecular weight is 562 g/mol. The van der Waals surface area contributed by atoms with Crippen LogP contribution in [0.25, 0.3) is 17.5 Å². The first-order chi connectivity index (χ1) is 19.2. The monoisotopic (exact) mass is 561 g/mol. The molecule has 0 spiro atoms. The molecular weight excluding hydrogens is 530 g/mol. The number of aliphatic carboxylic acids is 1. The number of aromatic amines is 1. The summed E-state index contributed by atoms with van der Waals surface area (Å²) < 4.78 is 22.3. The number of nitrogens with zero attached hydrogens (tertiary/aromatic N) is 2. The number of carboxylic acid groups (broad SMARTS) is 1. The molecular formula is C30H31N3O6S. The fourth-order valence-corrected chi connectivity index (χ4v) is 4.94. The SMILES string of the molecule is COc1cc(OC)cc(-c2nc(S/C(=C\c3ccc(OCc4c(C)cc(C)cc4C)c(OC)c3)C(=O)O)n[nH]2)c1. The number of hydrogen-bond donors (Lipinski definition) is 2. The van der Waals surface area contributed by atoms with Gasteiger partial charge in [-0.05, 0) is 85.1 Å². The third kappa shape index (κ3) is 6.76. The molecule has 1 heterocycles. The minimum Gasteiger partial charge on any atom is -0.497 e. The zero-order valence-corrected chi connectivity index (χ0v) is 24.0. The second-order valence-electron chi connectivity index (χ2n) is 9.06. The number of aryl methyl sites for hydroxylation is 3. The van der Waals surface area contributed by atoms with Gasteiger partial charge in [-0.15, -0.1) is 5.10 Å². The summed E-state index contributed by atoms with van der Waals surface area (Å²) in [6, 6.07) is 14.9. The number of carboxylic acids is 1. The Hall–Kier alpha value is -4.44. The molecule has 0 atom stereocenters. The van der Waals surface area contributed by atoms with Crippen LogP contribution < -0.4 is 18.9 Å². The minimum atomic E-state index is -1.11. The van der Waals surface area contributed by atoms with Crippen LogP contribution in [-0.4, -0.2) is 47.6 Å². The first kappa shape index (κ1) is 28.6. The van der Waals surface area contributed by atoms with Gasteiger partial charge in [0.15, 0.2) is 17.3 Å². The lowest BCUT2D eigenvalue weighted by molar-refractivity contribution is -0.131. The highest BCUT2D eigenvalue weighted by Gasteiger charge is 2.16. The summed E-state index contributed by atoms with van der Waals surface area (Å²) in [5.41, 5.74) is 5.98. The molecule has 0 saturated carbocycles. The molecule has 0 aliphatic carbocycles. The van der Waals surface area contributed by atoms with Crippen molar-refractivity contribution in [3.63, 3.8) is 0 Å². The van der Waals surface area contributed by atoms with Crippen LogP contribution in [0.1, 0.15) is 27.8 Å². The van der Waals surface area contributed by atoms with E-state index in [1.165, 1.54) is 22.8 Å². The second-order valence-corrected chi connectivity index (χ2v) is 10.1. The maximum absolute atomic E-state index is 12.1. The fraction of sp³-hybridized carbons (Fsp3) is 0.233. The Morgan fingerprint density at radius 1 is 0.925 bits per heavy atom. The van der Waals surface area contributed by atoms with Crippen LogP contribution in [-0.2, 0) is 11.4 Å². The quantitative estimate of drug-likeness (QED) is 0.163. The van der Waals surface area contributed by atoms with E-state index in [4.69, 9.17) is 18.9 Å². The predicted octanol–water partition coefficient (Wildman–Crippen LogP) is 6.22. The molecule has 0 amide bonds. The molecule has 0 radical (unpaired) electrons. The molecule has 0 aliphatic heterocycles. The number of carbonyl (C=O) groups is 1. The van der Waals surface area contributed by atoms with Crippen LogP contribution in [0, 0.1) is 20.8 Å². The molecule has 4 rings (SSSR count). The van der Waals surface area contributed by atoms with Gasteiger partial charge >= 0.3 is 5.97 Å². The van der Waals surface area contributed by atoms with Gasteiger partial charge in [-0.1, -0.05) is 23.8 Å². The van der Waals surface area contributed by atoms with Crippen LogP contribution in [0.2, 0.25) is 0 Å². The standard InChI is InChI=1S/C30H31N3O6S/c1-17-9-18(2)24(19(3)10-17)16-39-25-8-7-20(11-26(25)38-6)12-27(29(34)35)40-30-31-28(32-33-30)21-13-22(36-4)15-23(14-21)37-5/h7-15H,16H2,1-6H3,(H,34,35)(H,31,32,33)/b27-12-. The smallest absolute Gasteiger partial charge is 0.342 e. The summed E-state index contributed by atoms with van der Waals surface area (Å²) in [7, 11) is 4.67. The lowest BCUT2D eigenvalue weighted by Gasteiger charge is -2.15. The summed E-state index contributed by atoms with van der Waals surface area (Å²) in [4.78, 5) is 16.6. The highest BCUT2D eigenvalue weighted by Crippen LogP contribution is 2.34. The lowest BCUT2D eigenvalue weighted by atomic mass is 10.0. The van der Waals surface area contributed by atoms with Crippen LogP contribution in [0.3, 0.4) is 0 Å². The largest absolute Gasteiger partial charge is 0.497 e. The number of hydrogen-bond acceptors (Lipinski definition) is 8. The molecule has 1 aromatic heterocycles. The van der Waals surface area contributed by atoms with Crippen molar-refractivity contribution in [2.45, 2.75) is 32.5 Å². The highest BCUT2D eigenvalue weighted by atomic mass is 32.2. The molecule has 3 aromatic carbocycles. The summed E-state index contributed by atoms with van der Waals surface area (Å²) >= 11 is 0.930. The first-order valence-corrected chi connectivity index (χ1v) is 13.2. The normalized spacial score (nSPS) is 11.3. The van der Waals surface area contributed by atoms with Gasteiger partial charge in [0, 0.05) is 11.6 Å². The van der Waals surface area contributed by atoms with Crippen molar-refractivity contribution in [3.8, 4) is 34.4 Å². The summed E-state index contributed by atoms with van der Waals surface area (Å²) in [6.07, 6.45) is 1.54. The predicted molar refractivity (Wildman–Crippen MR) is 154 cm³/mol. The second kappa shape index (κ2) is 12.6. The summed E-state index contributed by atoms with van der Waals surface area (Å²) in [5.74, 6) is 1.60. The Morgan fingerprint density at radius 2 is 1.60 bits per heavy atom. The van der Waals surface area contributed by atoms with Gasteiger partial charge in [0.05, 0.1) is 21.3 Å². The van der Waals surface area contributed by atoms with Crippen molar-refractivity contribution in [1.29, 1.82) is 0 Å². The van der Waals surface area contributed by atoms with Crippen molar-refractivity contribution in [3.05, 3.63) is 81.3 Å². The van der Waals surface area contributed by atoms with E-state index in [1.54, 1.807) is 57.7 Å². The zero-order valence-electron chi connectivity index (χ0n) is 23.2. The number of H-pyrrole nitrogens is 1. The maximum atomic E-state index is 12.1. The van der Waals surface area contributed by atoms with E-state index in [0.717, 1.165) is 17.3 Å². The van der Waals surface area contributed by atoms with E-state index in [9.17, 15) is 9.90 Å². The molecule has 0 saturated heterocycles. The van der Waals surface area contributed by atoms with E-state index in [2.05, 4.69) is 48.1 Å². The molecule has 0 bridgehead atoms. The number of thioether (sulfide) groups is 1. The van der Waals surface area contributed by atoms with E-state index in [-0.39, 0.29) is 10.1 Å². The molecule has 0 unspecified atom stereocenters. The molecule has 0 fully saturated rings. The fourth-order valence-electron chi connectivity index (χ4n) is 4.23. The first-order valence-electron chi connectivity index (χ1n) is 12.4. The molecule has 2 N–H and O–H groups in total. The maximum Gasteiger partial charge on any atom is 0.342 e. The Bertz CT molecular complexity index is 1520. The summed E-state index contributed by atoms with van der Waals surface area (Å²) in [5, 5.41) is 17.2. The molecule has 40 heavy (non-hydrogen) atoms. The van der Waals surface area contributed by atoms with Gasteiger partial charge in [0.1, 0.15) is 23.0 Å². The number of ether oxygens (including phenoxy) is 4. The zero-order chi connectivity index (χ0) is 28.8. The van der Waals surface area contributed by atoms with E-state index >= 15 is 0 Å². The molecule has 4 aromatic rings. The van der Waals surface area contributed by atoms with Crippen molar-refractivity contribution >= 4 is 23.8 Å². The Balaban J connectivity index is 1.54. The Kier molecular flexibility index (Phi) is 9.00. The van der Waals surface area contributed by atoms with Crippen LogP contribution in [0.15, 0.2) is 58.6 Å². The molecule has 10 heteroatoms. The van der Waals surface area contributed by atoms with Crippen molar-refractivity contribution < 1.29 is 28.8 Å². The van der Waals surface area contributed by atoms with Gasteiger partial charge in [0.25, 0.3) is 0 Å². The van der Waals surface area contributed by atoms with Crippen molar-refractivity contribution in [1.82, 2.24) is 15.2 Å². The van der Waals surface area contributed by atoms with E-state index in [0.29, 0.717) is 46.6 Å². The van der Waals surface area contributed by atoms with Crippen LogP contribution in [0.5, 0.6) is 23.0 Å². The van der Waals surface area contributed by atoms with Gasteiger partial charge < -0.3 is 24.1 Å². The van der Waals surface area contributed by atoms with Crippen molar-refractivity contribution in [2.75, 3.05) is 21.3 Å². The van der Waals surface area contributed by atoms with Crippen LogP contribution in [0.4, 0.5) is 0 Å². The Morgan fingerprint density at radius 3 is 2.20 bits per heavy atom. The van der Waals surface area contributed by atoms with E-state index < -0.39 is 5.97 Å². The number of nitrogens with one attached hydrogen (secondary N) is 1. The van der Waals surface area contributed by atoms with E-state index in [1.807, 2.05) is 0 Å². The molecule has 9 nitrogen and oxygen atoms in total. The summed E-state index contributed by atoms with van der Waals surface area (Å²) in [6.45, 7) is 6.61. The topological polar surface area (TPSA) is 116 Å². The number of rotatable bonds is 11. The van der Waals surface area contributed by atoms with Gasteiger partial charge in [-0.3, -0.25) is 5.10 Å². The molecule has 0 aliphatic rings. The lowest BCUT2D eigenvalue weighted by Crippen LogP contribution is -2.03. The Labute approximate surface area is 237 Å². The minimum absolute atomic E-state index is 0.0374. The van der Waals surface area contributed by atoms with Gasteiger partial charge in [-0.25, -0.2) is 9.78 Å². The average Bonchev–Trinajstić information content (AvgIpc) is 3.40. The van der Waals surface area contributed by atoms with Crippen LogP contribution >= 0.6 is 11.8 Å².